The van der Waals surface area contributed by atoms with Crippen LogP contribution in [0.15, 0.2) is 16.6 Å². The Bertz CT molecular complexity index is 481. The molecule has 1 aliphatic rings. The molecule has 0 aliphatic carbocycles. The number of methoxy groups -OCH3 is 1. The molecule has 1 aromatic carbocycles. The molecular formula is C12H12Br2ClNO2. The van der Waals surface area contributed by atoms with Crippen LogP contribution in [0.25, 0.3) is 0 Å². The van der Waals surface area contributed by atoms with Gasteiger partial charge in [0.2, 0.25) is 5.91 Å². The van der Waals surface area contributed by atoms with Gasteiger partial charge >= 0.3 is 0 Å². The summed E-state index contributed by atoms with van der Waals surface area (Å²) in [4.78, 5) is 13.7. The Morgan fingerprint density at radius 2 is 2.28 bits per heavy atom. The smallest absolute Gasteiger partial charge is 0.227 e. The number of anilines is 1. The molecule has 1 saturated heterocycles. The fraction of sp³-hybridized carbons (Fsp3) is 0.417. The Morgan fingerprint density at radius 3 is 2.83 bits per heavy atom. The molecule has 1 heterocycles. The van der Waals surface area contributed by atoms with E-state index in [1.807, 2.05) is 0 Å². The van der Waals surface area contributed by atoms with Gasteiger partial charge in [0.15, 0.2) is 0 Å². The van der Waals surface area contributed by atoms with Crippen LogP contribution in [0.3, 0.4) is 0 Å². The third kappa shape index (κ3) is 2.68. The summed E-state index contributed by atoms with van der Waals surface area (Å²) in [5.74, 6) is 1.09. The summed E-state index contributed by atoms with van der Waals surface area (Å²) in [5, 5.41) is 1.39. The van der Waals surface area contributed by atoms with E-state index in [9.17, 15) is 4.79 Å². The number of rotatable bonds is 3. The van der Waals surface area contributed by atoms with Crippen molar-refractivity contribution in [1.29, 1.82) is 0 Å². The highest BCUT2D eigenvalue weighted by atomic mass is 79.9. The second-order valence-electron chi connectivity index (χ2n) is 4.17. The molecule has 0 radical (unpaired) electrons. The van der Waals surface area contributed by atoms with Crippen molar-refractivity contribution in [2.45, 2.75) is 6.42 Å². The first-order chi connectivity index (χ1) is 8.56. The molecule has 0 N–H and O–H groups in total. The molecular weight excluding hydrogens is 385 g/mol. The van der Waals surface area contributed by atoms with E-state index in [1.165, 1.54) is 0 Å². The second-order valence-corrected chi connectivity index (χ2v) is 6.08. The molecule has 1 aliphatic heterocycles. The van der Waals surface area contributed by atoms with Crippen molar-refractivity contribution >= 4 is 55.1 Å². The Morgan fingerprint density at radius 1 is 1.56 bits per heavy atom. The third-order valence-electron chi connectivity index (χ3n) is 2.94. The zero-order valence-electron chi connectivity index (χ0n) is 9.75. The van der Waals surface area contributed by atoms with Gasteiger partial charge in [0.1, 0.15) is 5.75 Å². The minimum absolute atomic E-state index is 0.108. The van der Waals surface area contributed by atoms with Crippen LogP contribution in [0.4, 0.5) is 5.69 Å². The number of ether oxygens (including phenoxy) is 1. The van der Waals surface area contributed by atoms with E-state index in [1.54, 1.807) is 24.1 Å². The summed E-state index contributed by atoms with van der Waals surface area (Å²) in [6.45, 7) is 0.693. The largest absolute Gasteiger partial charge is 0.495 e. The van der Waals surface area contributed by atoms with Gasteiger partial charge < -0.3 is 9.64 Å². The van der Waals surface area contributed by atoms with Crippen LogP contribution in [-0.2, 0) is 4.79 Å². The molecule has 1 atom stereocenters. The highest BCUT2D eigenvalue weighted by Gasteiger charge is 2.31. The lowest BCUT2D eigenvalue weighted by atomic mass is 10.2. The summed E-state index contributed by atoms with van der Waals surface area (Å²) < 4.78 is 6.07. The third-order valence-corrected chi connectivity index (χ3v) is 5.05. The maximum atomic E-state index is 12.0. The zero-order valence-corrected chi connectivity index (χ0v) is 13.7. The van der Waals surface area contributed by atoms with E-state index >= 15 is 0 Å². The minimum atomic E-state index is 0.108. The number of amides is 1. The molecule has 1 fully saturated rings. The summed E-state index contributed by atoms with van der Waals surface area (Å²) >= 11 is 12.9. The van der Waals surface area contributed by atoms with E-state index in [-0.39, 0.29) is 5.91 Å². The van der Waals surface area contributed by atoms with Crippen molar-refractivity contribution in [2.75, 3.05) is 23.9 Å². The van der Waals surface area contributed by atoms with Crippen molar-refractivity contribution < 1.29 is 9.53 Å². The number of nitrogens with zero attached hydrogens (tertiary/aromatic N) is 1. The van der Waals surface area contributed by atoms with Crippen molar-refractivity contribution in [3.05, 3.63) is 21.6 Å². The maximum absolute atomic E-state index is 12.0. The normalized spacial score (nSPS) is 19.4. The molecule has 6 heteroatoms. The van der Waals surface area contributed by atoms with Crippen LogP contribution in [0.2, 0.25) is 5.02 Å². The lowest BCUT2D eigenvalue weighted by Gasteiger charge is -2.20. The number of hydrogen-bond donors (Lipinski definition) is 0. The van der Waals surface area contributed by atoms with Gasteiger partial charge in [-0.25, -0.2) is 0 Å². The molecule has 2 rings (SSSR count). The van der Waals surface area contributed by atoms with Crippen molar-refractivity contribution in [3.8, 4) is 5.75 Å². The molecule has 0 spiro atoms. The number of hydrogen-bond acceptors (Lipinski definition) is 2. The van der Waals surface area contributed by atoms with Gasteiger partial charge in [0.25, 0.3) is 0 Å². The SMILES string of the molecule is COc1cc(Br)c(Cl)cc1N1CC(CBr)CC1=O. The summed E-state index contributed by atoms with van der Waals surface area (Å²) in [6, 6.07) is 3.55. The van der Waals surface area contributed by atoms with E-state index < -0.39 is 0 Å². The molecule has 0 bridgehead atoms. The van der Waals surface area contributed by atoms with Crippen molar-refractivity contribution in [1.82, 2.24) is 0 Å². The number of carbonyl (C=O) groups excluding carboxylic acids is 1. The molecule has 1 aromatic rings. The molecule has 98 valence electrons. The van der Waals surface area contributed by atoms with Gasteiger partial charge in [-0.1, -0.05) is 27.5 Å². The van der Waals surface area contributed by atoms with Gasteiger partial charge in [-0.2, -0.15) is 0 Å². The van der Waals surface area contributed by atoms with Gasteiger partial charge in [-0.15, -0.1) is 0 Å². The number of alkyl halides is 1. The number of halogens is 3. The molecule has 3 nitrogen and oxygen atoms in total. The summed E-state index contributed by atoms with van der Waals surface area (Å²) in [5.41, 5.74) is 0.735. The molecule has 0 aromatic heterocycles. The predicted octanol–water partition coefficient (Wildman–Crippen LogP) is 3.86. The average Bonchev–Trinajstić information content (AvgIpc) is 2.73. The standard InChI is InChI=1S/C12H12Br2ClNO2/c1-18-11-3-8(14)9(15)4-10(11)16-6-7(5-13)2-12(16)17/h3-4,7H,2,5-6H2,1H3. The van der Waals surface area contributed by atoms with Gasteiger partial charge in [0.05, 0.1) is 17.8 Å². The van der Waals surface area contributed by atoms with Crippen LogP contribution < -0.4 is 9.64 Å². The first-order valence-electron chi connectivity index (χ1n) is 5.46. The Labute approximate surface area is 128 Å². The Hall–Kier alpha value is -0.260. The first kappa shape index (κ1) is 14.2. The van der Waals surface area contributed by atoms with Crippen LogP contribution in [0.1, 0.15) is 6.42 Å². The maximum Gasteiger partial charge on any atom is 0.227 e. The summed E-state index contributed by atoms with van der Waals surface area (Å²) in [7, 11) is 1.59. The van der Waals surface area contributed by atoms with Crippen LogP contribution in [0, 0.1) is 5.92 Å². The number of benzene rings is 1. The molecule has 18 heavy (non-hydrogen) atoms. The molecule has 0 saturated carbocycles. The van der Waals surface area contributed by atoms with Gasteiger partial charge in [-0.05, 0) is 34.0 Å². The second kappa shape index (κ2) is 5.80. The van der Waals surface area contributed by atoms with Gasteiger partial charge in [0, 0.05) is 22.8 Å². The fourth-order valence-electron chi connectivity index (χ4n) is 2.01. The molecule has 1 unspecified atom stereocenters. The molecule has 1 amide bonds. The predicted molar refractivity (Wildman–Crippen MR) is 80.0 cm³/mol. The van der Waals surface area contributed by atoms with Crippen molar-refractivity contribution in [3.63, 3.8) is 0 Å². The van der Waals surface area contributed by atoms with E-state index in [0.29, 0.717) is 29.7 Å². The lowest BCUT2D eigenvalue weighted by molar-refractivity contribution is -0.117. The topological polar surface area (TPSA) is 29.5 Å². The van der Waals surface area contributed by atoms with Gasteiger partial charge in [-0.3, -0.25) is 4.79 Å². The highest BCUT2D eigenvalue weighted by Crippen LogP contribution is 2.39. The van der Waals surface area contributed by atoms with Crippen LogP contribution in [-0.4, -0.2) is 24.9 Å². The monoisotopic (exact) mass is 395 g/mol. The minimum Gasteiger partial charge on any atom is -0.495 e. The Kier molecular flexibility index (Phi) is 4.56. The van der Waals surface area contributed by atoms with Crippen LogP contribution >= 0.6 is 43.5 Å². The van der Waals surface area contributed by atoms with Crippen LogP contribution in [0.5, 0.6) is 5.75 Å². The summed E-state index contributed by atoms with van der Waals surface area (Å²) in [6.07, 6.45) is 0.558. The Balaban J connectivity index is 2.38. The highest BCUT2D eigenvalue weighted by molar-refractivity contribution is 9.10. The fourth-order valence-corrected chi connectivity index (χ4v) is 2.92. The zero-order chi connectivity index (χ0) is 13.3. The average molecular weight is 397 g/mol. The lowest BCUT2D eigenvalue weighted by Crippen LogP contribution is -2.25. The van der Waals surface area contributed by atoms with E-state index in [2.05, 4.69) is 31.9 Å². The quantitative estimate of drug-likeness (QED) is 0.725. The van der Waals surface area contributed by atoms with E-state index in [4.69, 9.17) is 16.3 Å². The van der Waals surface area contributed by atoms with E-state index in [0.717, 1.165) is 15.5 Å². The first-order valence-corrected chi connectivity index (χ1v) is 7.75. The van der Waals surface area contributed by atoms with Crippen molar-refractivity contribution in [2.24, 2.45) is 5.92 Å². The number of carbonyl (C=O) groups is 1.